The molecule has 1 saturated heterocycles. The molecule has 1 aliphatic rings. The van der Waals surface area contributed by atoms with E-state index in [1.807, 2.05) is 32.9 Å². The molecule has 5 heteroatoms. The smallest absolute Gasteiger partial charge is 0.410 e. The quantitative estimate of drug-likeness (QED) is 0.813. The van der Waals surface area contributed by atoms with Crippen molar-refractivity contribution in [2.45, 2.75) is 53.1 Å². The summed E-state index contributed by atoms with van der Waals surface area (Å²) in [6.45, 7) is 12.9. The summed E-state index contributed by atoms with van der Waals surface area (Å²) < 4.78 is 5.50. The third-order valence-corrected chi connectivity index (χ3v) is 4.31. The van der Waals surface area contributed by atoms with Crippen LogP contribution in [0.15, 0.2) is 18.2 Å². The molecule has 1 fully saturated rings. The number of carbonyl (C=O) groups excluding carboxylic acids is 1. The van der Waals surface area contributed by atoms with Crippen molar-refractivity contribution in [3.05, 3.63) is 29.3 Å². The van der Waals surface area contributed by atoms with E-state index in [0.29, 0.717) is 31.1 Å². The highest BCUT2D eigenvalue weighted by Gasteiger charge is 2.25. The lowest BCUT2D eigenvalue weighted by Gasteiger charge is -2.27. The third kappa shape index (κ3) is 5.66. The molecule has 0 N–H and O–H groups in total. The molecule has 1 aromatic carbocycles. The highest BCUT2D eigenvalue weighted by Crippen LogP contribution is 2.25. The number of benzene rings is 1. The van der Waals surface area contributed by atoms with E-state index in [2.05, 4.69) is 30.9 Å². The van der Waals surface area contributed by atoms with E-state index in [-0.39, 0.29) is 6.09 Å². The van der Waals surface area contributed by atoms with Crippen LogP contribution in [0.3, 0.4) is 0 Å². The molecule has 1 amide bonds. The van der Waals surface area contributed by atoms with Gasteiger partial charge in [-0.15, -0.1) is 0 Å². The molecular weight excluding hydrogens is 326 g/mol. The van der Waals surface area contributed by atoms with Gasteiger partial charge in [0.25, 0.3) is 0 Å². The fourth-order valence-corrected chi connectivity index (χ4v) is 3.20. The Morgan fingerprint density at radius 1 is 1.23 bits per heavy atom. The maximum absolute atomic E-state index is 12.3. The van der Waals surface area contributed by atoms with Crippen LogP contribution in [0, 0.1) is 17.2 Å². The summed E-state index contributed by atoms with van der Waals surface area (Å²) in [5.74, 6) is 0.572. The average molecular weight is 357 g/mol. The normalized spacial score (nSPS) is 15.6. The Hall–Kier alpha value is -2.22. The van der Waals surface area contributed by atoms with Crippen molar-refractivity contribution in [3.8, 4) is 6.07 Å². The van der Waals surface area contributed by atoms with Crippen LogP contribution in [0.4, 0.5) is 10.5 Å². The Bertz CT molecular complexity index is 671. The first kappa shape index (κ1) is 20.1. The molecule has 0 radical (unpaired) electrons. The van der Waals surface area contributed by atoms with E-state index in [1.165, 1.54) is 5.56 Å². The van der Waals surface area contributed by atoms with Crippen LogP contribution < -0.4 is 4.90 Å². The minimum absolute atomic E-state index is 0.256. The summed E-state index contributed by atoms with van der Waals surface area (Å²) >= 11 is 0. The number of carbonyl (C=O) groups is 1. The number of nitrogens with zero attached hydrogens (tertiary/aromatic N) is 3. The van der Waals surface area contributed by atoms with Crippen molar-refractivity contribution in [3.63, 3.8) is 0 Å². The van der Waals surface area contributed by atoms with Crippen LogP contribution in [-0.4, -0.2) is 42.8 Å². The Morgan fingerprint density at radius 3 is 2.58 bits per heavy atom. The molecule has 5 nitrogen and oxygen atoms in total. The Balaban J connectivity index is 2.13. The SMILES string of the molecule is CC(C)Cc1ccc(C#N)c(N2CCCN(C(=O)OC(C)(C)C)CC2)c1. The first-order valence-electron chi connectivity index (χ1n) is 9.45. The number of nitriles is 1. The average Bonchev–Trinajstić information content (AvgIpc) is 2.78. The van der Waals surface area contributed by atoms with Gasteiger partial charge >= 0.3 is 6.09 Å². The molecule has 0 spiro atoms. The molecule has 2 rings (SSSR count). The van der Waals surface area contributed by atoms with Gasteiger partial charge in [0.2, 0.25) is 0 Å². The van der Waals surface area contributed by atoms with Gasteiger partial charge in [0.05, 0.1) is 11.3 Å². The van der Waals surface area contributed by atoms with Gasteiger partial charge in [-0.25, -0.2) is 4.79 Å². The van der Waals surface area contributed by atoms with E-state index in [9.17, 15) is 10.1 Å². The molecular formula is C21H31N3O2. The van der Waals surface area contributed by atoms with Gasteiger partial charge in [0, 0.05) is 26.2 Å². The lowest BCUT2D eigenvalue weighted by atomic mass is 10.00. The molecule has 1 aromatic rings. The van der Waals surface area contributed by atoms with Crippen LogP contribution in [-0.2, 0) is 11.2 Å². The third-order valence-electron chi connectivity index (χ3n) is 4.31. The van der Waals surface area contributed by atoms with Crippen LogP contribution in [0.1, 0.15) is 52.2 Å². The van der Waals surface area contributed by atoms with E-state index in [0.717, 1.165) is 25.1 Å². The molecule has 0 unspecified atom stereocenters. The van der Waals surface area contributed by atoms with Gasteiger partial charge in [0.1, 0.15) is 11.7 Å². The number of amides is 1. The second-order valence-corrected chi connectivity index (χ2v) is 8.37. The van der Waals surface area contributed by atoms with Gasteiger partial charge < -0.3 is 14.5 Å². The Labute approximate surface area is 157 Å². The van der Waals surface area contributed by atoms with Crippen molar-refractivity contribution < 1.29 is 9.53 Å². The summed E-state index contributed by atoms with van der Waals surface area (Å²) in [6, 6.07) is 8.42. The van der Waals surface area contributed by atoms with E-state index >= 15 is 0 Å². The largest absolute Gasteiger partial charge is 0.444 e. The minimum Gasteiger partial charge on any atom is -0.444 e. The molecule has 0 bridgehead atoms. The van der Waals surface area contributed by atoms with Gasteiger partial charge in [-0.3, -0.25) is 0 Å². The maximum Gasteiger partial charge on any atom is 0.410 e. The van der Waals surface area contributed by atoms with Crippen molar-refractivity contribution in [2.24, 2.45) is 5.92 Å². The first-order valence-corrected chi connectivity index (χ1v) is 9.45. The zero-order valence-corrected chi connectivity index (χ0v) is 16.7. The standard InChI is InChI=1S/C21H31N3O2/c1-16(2)13-17-7-8-18(15-22)19(14-17)23-9-6-10-24(12-11-23)20(25)26-21(3,4)5/h7-8,14,16H,6,9-13H2,1-5H3. The highest BCUT2D eigenvalue weighted by atomic mass is 16.6. The van der Waals surface area contributed by atoms with Crippen LogP contribution in [0.25, 0.3) is 0 Å². The van der Waals surface area contributed by atoms with Crippen molar-refractivity contribution in [2.75, 3.05) is 31.1 Å². The van der Waals surface area contributed by atoms with E-state index in [1.54, 1.807) is 4.90 Å². The number of hydrogen-bond acceptors (Lipinski definition) is 4. The second kappa shape index (κ2) is 8.44. The van der Waals surface area contributed by atoms with Crippen molar-refractivity contribution >= 4 is 11.8 Å². The van der Waals surface area contributed by atoms with E-state index in [4.69, 9.17) is 4.74 Å². The highest BCUT2D eigenvalue weighted by molar-refractivity contribution is 5.68. The summed E-state index contributed by atoms with van der Waals surface area (Å²) in [7, 11) is 0. The molecule has 0 aromatic heterocycles. The monoisotopic (exact) mass is 357 g/mol. The van der Waals surface area contributed by atoms with Crippen LogP contribution in [0.2, 0.25) is 0 Å². The van der Waals surface area contributed by atoms with Crippen molar-refractivity contribution in [1.29, 1.82) is 5.26 Å². The Kier molecular flexibility index (Phi) is 6.52. The molecule has 0 saturated carbocycles. The van der Waals surface area contributed by atoms with Gasteiger partial charge in [-0.1, -0.05) is 19.9 Å². The van der Waals surface area contributed by atoms with Gasteiger partial charge in [0.15, 0.2) is 0 Å². The molecule has 26 heavy (non-hydrogen) atoms. The lowest BCUT2D eigenvalue weighted by molar-refractivity contribution is 0.0263. The second-order valence-electron chi connectivity index (χ2n) is 8.37. The molecule has 0 aliphatic carbocycles. The molecule has 142 valence electrons. The summed E-state index contributed by atoms with van der Waals surface area (Å²) in [4.78, 5) is 16.3. The fraction of sp³-hybridized carbons (Fsp3) is 0.619. The maximum atomic E-state index is 12.3. The minimum atomic E-state index is -0.484. The molecule has 1 aliphatic heterocycles. The fourth-order valence-electron chi connectivity index (χ4n) is 3.20. The molecule has 1 heterocycles. The zero-order valence-electron chi connectivity index (χ0n) is 16.7. The number of hydrogen-bond donors (Lipinski definition) is 0. The lowest BCUT2D eigenvalue weighted by Crippen LogP contribution is -2.39. The number of anilines is 1. The topological polar surface area (TPSA) is 56.6 Å². The zero-order chi connectivity index (χ0) is 19.3. The summed E-state index contributed by atoms with van der Waals surface area (Å²) in [6.07, 6.45) is 1.60. The first-order chi connectivity index (χ1) is 12.2. The van der Waals surface area contributed by atoms with Gasteiger partial charge in [-0.2, -0.15) is 5.26 Å². The molecule has 0 atom stereocenters. The van der Waals surface area contributed by atoms with Crippen LogP contribution in [0.5, 0.6) is 0 Å². The van der Waals surface area contributed by atoms with Crippen LogP contribution >= 0.6 is 0 Å². The summed E-state index contributed by atoms with van der Waals surface area (Å²) in [5.41, 5.74) is 2.45. The van der Waals surface area contributed by atoms with Gasteiger partial charge in [-0.05, 0) is 57.2 Å². The van der Waals surface area contributed by atoms with E-state index < -0.39 is 5.60 Å². The summed E-state index contributed by atoms with van der Waals surface area (Å²) in [5, 5.41) is 9.50. The predicted molar refractivity (Wildman–Crippen MR) is 104 cm³/mol. The van der Waals surface area contributed by atoms with Crippen molar-refractivity contribution in [1.82, 2.24) is 4.90 Å². The Morgan fingerprint density at radius 2 is 1.96 bits per heavy atom. The number of ether oxygens (including phenoxy) is 1. The predicted octanol–water partition coefficient (Wildman–Crippen LogP) is 4.20. The number of rotatable bonds is 3.